The number of aliphatic imine (C=N–C) groups is 1. The number of carbonyl (C=O) groups is 8. The highest BCUT2D eigenvalue weighted by Gasteiger charge is 2.33. The zero-order valence-electron chi connectivity index (χ0n) is 33.7. The molecule has 0 bridgehead atoms. The van der Waals surface area contributed by atoms with E-state index in [9.17, 15) is 38.4 Å². The summed E-state index contributed by atoms with van der Waals surface area (Å²) in [6.07, 6.45) is 1.57. The molecule has 1 aromatic carbocycles. The van der Waals surface area contributed by atoms with E-state index in [1.165, 1.54) is 6.92 Å². The summed E-state index contributed by atoms with van der Waals surface area (Å²) in [5.41, 5.74) is 23.9. The molecule has 58 heavy (non-hydrogen) atoms. The zero-order chi connectivity index (χ0) is 43.2. The summed E-state index contributed by atoms with van der Waals surface area (Å²) in [6.45, 7) is 5.23. The number of carbonyl (C=O) groups excluding carboxylic acids is 8. The van der Waals surface area contributed by atoms with Gasteiger partial charge in [-0.15, -0.1) is 0 Å². The number of guanidine groups is 1. The molecule has 0 aliphatic carbocycles. The average molecular weight is 815 g/mol. The number of nitrogens with two attached hydrogens (primary N) is 4. The Bertz CT molecular complexity index is 1600. The van der Waals surface area contributed by atoms with Crippen molar-refractivity contribution in [3.05, 3.63) is 35.4 Å². The number of hydrogen-bond donors (Lipinski definition) is 11. The number of hydrogen-bond acceptors (Lipinski definition) is 10. The van der Waals surface area contributed by atoms with E-state index in [0.29, 0.717) is 12.0 Å². The lowest BCUT2D eigenvalue weighted by atomic mass is 10.0. The van der Waals surface area contributed by atoms with Crippen LogP contribution in [0.15, 0.2) is 29.3 Å². The van der Waals surface area contributed by atoms with Gasteiger partial charge in [-0.1, -0.05) is 49.6 Å². The third-order valence-corrected chi connectivity index (χ3v) is 9.35. The molecule has 2 rings (SSSR count). The van der Waals surface area contributed by atoms with Gasteiger partial charge in [0, 0.05) is 32.9 Å². The van der Waals surface area contributed by atoms with Crippen molar-refractivity contribution in [1.29, 1.82) is 0 Å². The molecule has 2 unspecified atom stereocenters. The van der Waals surface area contributed by atoms with Gasteiger partial charge in [0.1, 0.15) is 36.3 Å². The molecule has 0 saturated carbocycles. The number of aryl methyl sites for hydroxylation is 1. The van der Waals surface area contributed by atoms with E-state index in [4.69, 9.17) is 22.9 Å². The van der Waals surface area contributed by atoms with E-state index in [1.54, 1.807) is 12.1 Å². The van der Waals surface area contributed by atoms with Gasteiger partial charge in [0.05, 0.1) is 0 Å². The van der Waals surface area contributed by atoms with Crippen LogP contribution in [0, 0.1) is 6.92 Å². The zero-order valence-corrected chi connectivity index (χ0v) is 33.7. The van der Waals surface area contributed by atoms with E-state index >= 15 is 0 Å². The fourth-order valence-corrected chi connectivity index (χ4v) is 6.09. The predicted octanol–water partition coefficient (Wildman–Crippen LogP) is -2.77. The molecule has 6 atom stereocenters. The SMILES string of the molecule is CCCC[C@H](NC(C)=O)C(=O)NC1CCC(=O)NCCC(C(N)=O)NC(=O)[C@H](CCCN=C(N)N)NC(=O)[C@@H](Cc2ccc(C)cc2)NC(=O)[C@H](CCCN)NC1=O. The Morgan fingerprint density at radius 1 is 0.828 bits per heavy atom. The van der Waals surface area contributed by atoms with Crippen LogP contribution in [-0.4, -0.2) is 109 Å². The standard InChI is InChI=1S/C38H62N12O8/c1-4-5-8-26(45-23(3)51)33(54)49-29-15-16-31(52)43-20-17-25(32(40)53)46-34(55)28(10-7-19-44-38(41)42)48-37(58)30(21-24-13-11-22(2)12-14-24)50-35(56)27(9-6-18-39)47-36(29)57/h11-14,25-30H,4-10,15-21,39H2,1-3H3,(H2,40,53)(H,43,52)(H,45,51)(H,46,55)(H,47,57)(H,48,58)(H,49,54)(H,50,56)(H4,41,42,44)/t25?,26-,27-,28-,29?,30+/m0/s1. The lowest BCUT2D eigenvalue weighted by Crippen LogP contribution is -2.60. The van der Waals surface area contributed by atoms with Gasteiger partial charge >= 0.3 is 0 Å². The molecule has 0 spiro atoms. The van der Waals surface area contributed by atoms with Gasteiger partial charge in [0.2, 0.25) is 47.3 Å². The van der Waals surface area contributed by atoms with Gasteiger partial charge < -0.3 is 60.2 Å². The molecule has 1 aliphatic rings. The first-order valence-corrected chi connectivity index (χ1v) is 19.7. The summed E-state index contributed by atoms with van der Waals surface area (Å²) in [7, 11) is 0. The number of amides is 8. The Balaban J connectivity index is 2.59. The van der Waals surface area contributed by atoms with Crippen molar-refractivity contribution in [3.63, 3.8) is 0 Å². The Hall–Kier alpha value is -5.79. The van der Waals surface area contributed by atoms with Crippen molar-refractivity contribution in [3.8, 4) is 0 Å². The van der Waals surface area contributed by atoms with Gasteiger partial charge in [-0.3, -0.25) is 43.3 Å². The summed E-state index contributed by atoms with van der Waals surface area (Å²) in [5, 5.41) is 18.5. The van der Waals surface area contributed by atoms with Crippen LogP contribution in [0.25, 0.3) is 0 Å². The Morgan fingerprint density at radius 2 is 1.43 bits per heavy atom. The minimum atomic E-state index is -1.34. The highest BCUT2D eigenvalue weighted by atomic mass is 16.2. The fourth-order valence-electron chi connectivity index (χ4n) is 6.09. The third-order valence-electron chi connectivity index (χ3n) is 9.35. The summed E-state index contributed by atoms with van der Waals surface area (Å²) in [5.74, 6) is -5.78. The third kappa shape index (κ3) is 18.0. The summed E-state index contributed by atoms with van der Waals surface area (Å²) in [6, 6.07) is -0.0986. The number of benzene rings is 1. The first-order chi connectivity index (χ1) is 27.5. The molecular weight excluding hydrogens is 752 g/mol. The molecule has 20 heteroatoms. The second-order valence-corrected chi connectivity index (χ2v) is 14.4. The van der Waals surface area contributed by atoms with E-state index in [1.807, 2.05) is 26.0 Å². The molecule has 20 nitrogen and oxygen atoms in total. The summed E-state index contributed by atoms with van der Waals surface area (Å²) >= 11 is 0. The maximum Gasteiger partial charge on any atom is 0.243 e. The number of nitrogens with one attached hydrogen (secondary N) is 7. The summed E-state index contributed by atoms with van der Waals surface area (Å²) in [4.78, 5) is 111. The predicted molar refractivity (Wildman–Crippen MR) is 216 cm³/mol. The minimum Gasteiger partial charge on any atom is -0.370 e. The lowest BCUT2D eigenvalue weighted by molar-refractivity contribution is -0.135. The lowest BCUT2D eigenvalue weighted by Gasteiger charge is -2.27. The van der Waals surface area contributed by atoms with Crippen molar-refractivity contribution < 1.29 is 38.4 Å². The van der Waals surface area contributed by atoms with E-state index in [0.717, 1.165) is 12.0 Å². The van der Waals surface area contributed by atoms with Crippen LogP contribution in [0.5, 0.6) is 0 Å². The maximum atomic E-state index is 14.1. The molecule has 1 heterocycles. The van der Waals surface area contributed by atoms with Crippen molar-refractivity contribution in [1.82, 2.24) is 37.2 Å². The highest BCUT2D eigenvalue weighted by molar-refractivity contribution is 5.97. The first-order valence-electron chi connectivity index (χ1n) is 19.7. The number of primary amides is 1. The quantitative estimate of drug-likeness (QED) is 0.0461. The van der Waals surface area contributed by atoms with Crippen LogP contribution in [0.3, 0.4) is 0 Å². The number of rotatable bonds is 16. The van der Waals surface area contributed by atoms with Crippen LogP contribution >= 0.6 is 0 Å². The second kappa shape index (κ2) is 25.5. The van der Waals surface area contributed by atoms with Crippen molar-refractivity contribution in [2.24, 2.45) is 27.9 Å². The molecule has 0 aromatic heterocycles. The van der Waals surface area contributed by atoms with E-state index in [2.05, 4.69) is 42.2 Å². The molecule has 1 saturated heterocycles. The smallest absolute Gasteiger partial charge is 0.243 e. The van der Waals surface area contributed by atoms with Crippen LogP contribution < -0.4 is 60.2 Å². The molecular formula is C38H62N12O8. The Kier molecular flexibility index (Phi) is 21.2. The van der Waals surface area contributed by atoms with Gasteiger partial charge in [-0.25, -0.2) is 0 Å². The normalized spacial score (nSPS) is 21.9. The summed E-state index contributed by atoms with van der Waals surface area (Å²) < 4.78 is 0. The largest absolute Gasteiger partial charge is 0.370 e. The Labute approximate surface area is 338 Å². The number of unbranched alkanes of at least 4 members (excludes halogenated alkanes) is 1. The van der Waals surface area contributed by atoms with Gasteiger partial charge in [0.25, 0.3) is 0 Å². The minimum absolute atomic E-state index is 0.0174. The van der Waals surface area contributed by atoms with Crippen molar-refractivity contribution >= 4 is 53.2 Å². The van der Waals surface area contributed by atoms with Crippen LogP contribution in [-0.2, 0) is 44.8 Å². The molecule has 15 N–H and O–H groups in total. The first kappa shape index (κ1) is 48.4. The Morgan fingerprint density at radius 3 is 2.03 bits per heavy atom. The van der Waals surface area contributed by atoms with Gasteiger partial charge in [-0.2, -0.15) is 0 Å². The second-order valence-electron chi connectivity index (χ2n) is 14.4. The maximum absolute atomic E-state index is 14.1. The molecule has 1 aromatic rings. The molecule has 322 valence electrons. The monoisotopic (exact) mass is 814 g/mol. The van der Waals surface area contributed by atoms with Crippen LogP contribution in [0.4, 0.5) is 0 Å². The topological polar surface area (TPSA) is 337 Å². The van der Waals surface area contributed by atoms with Crippen molar-refractivity contribution in [2.75, 3.05) is 19.6 Å². The van der Waals surface area contributed by atoms with Gasteiger partial charge in [-0.05, 0) is 64.0 Å². The van der Waals surface area contributed by atoms with E-state index in [-0.39, 0.29) is 83.4 Å². The van der Waals surface area contributed by atoms with Crippen LogP contribution in [0.1, 0.15) is 89.2 Å². The average Bonchev–Trinajstić information content (AvgIpc) is 3.16. The van der Waals surface area contributed by atoms with Gasteiger partial charge in [0.15, 0.2) is 5.96 Å². The van der Waals surface area contributed by atoms with Crippen molar-refractivity contribution in [2.45, 2.75) is 128 Å². The molecule has 8 amide bonds. The van der Waals surface area contributed by atoms with Crippen LogP contribution in [0.2, 0.25) is 0 Å². The van der Waals surface area contributed by atoms with E-state index < -0.39 is 83.5 Å². The molecule has 1 aliphatic heterocycles. The highest BCUT2D eigenvalue weighted by Crippen LogP contribution is 2.11. The number of nitrogens with zero attached hydrogens (tertiary/aromatic N) is 1. The molecule has 1 fully saturated rings. The molecule has 0 radical (unpaired) electrons. The fraction of sp³-hybridized carbons (Fsp3) is 0.605.